The van der Waals surface area contributed by atoms with Crippen LogP contribution in [0.1, 0.15) is 19.8 Å². The van der Waals surface area contributed by atoms with Crippen molar-refractivity contribution in [1.82, 2.24) is 4.90 Å². The molecular weight excluding hydrogens is 166 g/mol. The number of likely N-dealkylation sites (tertiary alicyclic amines) is 1. The minimum Gasteiger partial charge on any atom is -0.291 e. The summed E-state index contributed by atoms with van der Waals surface area (Å²) in [5.74, 6) is 0. The van der Waals surface area contributed by atoms with Crippen LogP contribution in [0.4, 0.5) is 0 Å². The standard InChI is InChI=1S/C6H12BrN/c1-6(7)8-4-2-3-5-8/h6H,2-5H2,1H3. The molecule has 0 spiro atoms. The predicted molar refractivity (Wildman–Crippen MR) is 39.2 cm³/mol. The first-order valence-corrected chi connectivity index (χ1v) is 4.10. The van der Waals surface area contributed by atoms with E-state index >= 15 is 0 Å². The van der Waals surface area contributed by atoms with Gasteiger partial charge in [0.25, 0.3) is 0 Å². The van der Waals surface area contributed by atoms with Crippen LogP contribution < -0.4 is 0 Å². The lowest BCUT2D eigenvalue weighted by Crippen LogP contribution is -2.24. The molecule has 1 atom stereocenters. The van der Waals surface area contributed by atoms with E-state index in [4.69, 9.17) is 0 Å². The van der Waals surface area contributed by atoms with Crippen molar-refractivity contribution in [1.29, 1.82) is 0 Å². The summed E-state index contributed by atoms with van der Waals surface area (Å²) in [5.41, 5.74) is 0. The highest BCUT2D eigenvalue weighted by Gasteiger charge is 2.14. The highest BCUT2D eigenvalue weighted by Crippen LogP contribution is 2.14. The molecule has 0 bridgehead atoms. The lowest BCUT2D eigenvalue weighted by atomic mass is 10.4. The molecule has 0 saturated carbocycles. The van der Waals surface area contributed by atoms with Crippen LogP contribution in [-0.2, 0) is 0 Å². The second-order valence-corrected chi connectivity index (χ2v) is 3.64. The first-order chi connectivity index (χ1) is 3.80. The van der Waals surface area contributed by atoms with Crippen molar-refractivity contribution in [3.63, 3.8) is 0 Å². The SMILES string of the molecule is CC(Br)N1CCCC1. The number of hydrogen-bond acceptors (Lipinski definition) is 1. The molecule has 1 saturated heterocycles. The fourth-order valence-electron chi connectivity index (χ4n) is 1.10. The number of rotatable bonds is 1. The smallest absolute Gasteiger partial charge is 0.0627 e. The highest BCUT2D eigenvalue weighted by molar-refractivity contribution is 9.09. The molecule has 0 aromatic heterocycles. The van der Waals surface area contributed by atoms with Gasteiger partial charge in [-0.05, 0) is 32.9 Å². The van der Waals surface area contributed by atoms with Crippen molar-refractivity contribution in [3.05, 3.63) is 0 Å². The summed E-state index contributed by atoms with van der Waals surface area (Å²) in [5, 5.41) is 0. The molecule has 1 unspecified atom stereocenters. The Labute approximate surface area is 59.2 Å². The van der Waals surface area contributed by atoms with E-state index in [-0.39, 0.29) is 0 Å². The van der Waals surface area contributed by atoms with Gasteiger partial charge in [-0.1, -0.05) is 15.9 Å². The molecule has 0 aromatic carbocycles. The van der Waals surface area contributed by atoms with Gasteiger partial charge in [-0.15, -0.1) is 0 Å². The molecule has 2 heteroatoms. The van der Waals surface area contributed by atoms with Crippen LogP contribution in [0.25, 0.3) is 0 Å². The van der Waals surface area contributed by atoms with Crippen LogP contribution in [0.15, 0.2) is 0 Å². The molecule has 1 nitrogen and oxygen atoms in total. The Morgan fingerprint density at radius 2 is 1.88 bits per heavy atom. The normalized spacial score (nSPS) is 26.2. The van der Waals surface area contributed by atoms with Gasteiger partial charge in [0.15, 0.2) is 0 Å². The van der Waals surface area contributed by atoms with Gasteiger partial charge in [-0.3, -0.25) is 4.90 Å². The van der Waals surface area contributed by atoms with Gasteiger partial charge >= 0.3 is 0 Å². The number of nitrogens with zero attached hydrogens (tertiary/aromatic N) is 1. The van der Waals surface area contributed by atoms with Crippen LogP contribution in [0, 0.1) is 0 Å². The Hall–Kier alpha value is 0.440. The van der Waals surface area contributed by atoms with Crippen molar-refractivity contribution in [2.24, 2.45) is 0 Å². The van der Waals surface area contributed by atoms with Gasteiger partial charge in [-0.2, -0.15) is 0 Å². The maximum absolute atomic E-state index is 3.53. The maximum Gasteiger partial charge on any atom is 0.0627 e. The van der Waals surface area contributed by atoms with Gasteiger partial charge in [0.05, 0.1) is 4.95 Å². The predicted octanol–water partition coefficient (Wildman–Crippen LogP) is 1.82. The summed E-state index contributed by atoms with van der Waals surface area (Å²) < 4.78 is 0. The average molecular weight is 178 g/mol. The van der Waals surface area contributed by atoms with E-state index in [1.807, 2.05) is 0 Å². The Kier molecular flexibility index (Phi) is 2.32. The van der Waals surface area contributed by atoms with Crippen molar-refractivity contribution < 1.29 is 0 Å². The Balaban J connectivity index is 2.24. The summed E-state index contributed by atoms with van der Waals surface area (Å²) in [4.78, 5) is 3.03. The molecule has 1 rings (SSSR count). The molecule has 0 aliphatic carbocycles. The fraction of sp³-hybridized carbons (Fsp3) is 1.00. The first-order valence-electron chi connectivity index (χ1n) is 3.19. The van der Waals surface area contributed by atoms with Crippen LogP contribution in [-0.4, -0.2) is 22.9 Å². The first kappa shape index (κ1) is 6.56. The van der Waals surface area contributed by atoms with Crippen LogP contribution in [0.3, 0.4) is 0 Å². The molecule has 1 aliphatic heterocycles. The molecule has 48 valence electrons. The third-order valence-corrected chi connectivity index (χ3v) is 2.22. The molecule has 1 aliphatic rings. The van der Waals surface area contributed by atoms with Gasteiger partial charge < -0.3 is 0 Å². The molecule has 0 aromatic rings. The van der Waals surface area contributed by atoms with E-state index in [1.54, 1.807) is 0 Å². The third-order valence-electron chi connectivity index (χ3n) is 1.64. The number of hydrogen-bond donors (Lipinski definition) is 0. The second-order valence-electron chi connectivity index (χ2n) is 2.32. The van der Waals surface area contributed by atoms with Crippen molar-refractivity contribution >= 4 is 15.9 Å². The van der Waals surface area contributed by atoms with Gasteiger partial charge in [-0.25, -0.2) is 0 Å². The van der Waals surface area contributed by atoms with Gasteiger partial charge in [0.2, 0.25) is 0 Å². The van der Waals surface area contributed by atoms with E-state index in [9.17, 15) is 0 Å². The van der Waals surface area contributed by atoms with E-state index in [0.29, 0.717) is 4.95 Å². The molecular formula is C6H12BrN. The van der Waals surface area contributed by atoms with E-state index in [2.05, 4.69) is 27.8 Å². The van der Waals surface area contributed by atoms with Crippen LogP contribution in [0.2, 0.25) is 0 Å². The van der Waals surface area contributed by atoms with E-state index in [0.717, 1.165) is 0 Å². The molecule has 0 amide bonds. The monoisotopic (exact) mass is 177 g/mol. The van der Waals surface area contributed by atoms with E-state index < -0.39 is 0 Å². The minimum atomic E-state index is 0.588. The molecule has 0 radical (unpaired) electrons. The minimum absolute atomic E-state index is 0.588. The Morgan fingerprint density at radius 3 is 2.12 bits per heavy atom. The lowest BCUT2D eigenvalue weighted by Gasteiger charge is -2.16. The van der Waals surface area contributed by atoms with Crippen molar-refractivity contribution in [2.45, 2.75) is 24.7 Å². The largest absolute Gasteiger partial charge is 0.291 e. The summed E-state index contributed by atoms with van der Waals surface area (Å²) in [6.45, 7) is 4.75. The number of halogens is 1. The summed E-state index contributed by atoms with van der Waals surface area (Å²) in [6.07, 6.45) is 2.77. The van der Waals surface area contributed by atoms with E-state index in [1.165, 1.54) is 25.9 Å². The summed E-state index contributed by atoms with van der Waals surface area (Å²) >= 11 is 3.53. The maximum atomic E-state index is 3.53. The zero-order chi connectivity index (χ0) is 5.98. The highest BCUT2D eigenvalue weighted by atomic mass is 79.9. The lowest BCUT2D eigenvalue weighted by molar-refractivity contribution is 0.337. The zero-order valence-electron chi connectivity index (χ0n) is 5.23. The van der Waals surface area contributed by atoms with Gasteiger partial charge in [0, 0.05) is 0 Å². The summed E-state index contributed by atoms with van der Waals surface area (Å²) in [7, 11) is 0. The zero-order valence-corrected chi connectivity index (χ0v) is 6.82. The van der Waals surface area contributed by atoms with Crippen LogP contribution in [0.5, 0.6) is 0 Å². The number of alkyl halides is 1. The molecule has 0 N–H and O–H groups in total. The topological polar surface area (TPSA) is 3.24 Å². The van der Waals surface area contributed by atoms with Crippen molar-refractivity contribution in [2.75, 3.05) is 13.1 Å². The van der Waals surface area contributed by atoms with Crippen molar-refractivity contribution in [3.8, 4) is 0 Å². The molecule has 1 heterocycles. The summed E-state index contributed by atoms with van der Waals surface area (Å²) in [6, 6.07) is 0. The van der Waals surface area contributed by atoms with Gasteiger partial charge in [0.1, 0.15) is 0 Å². The Morgan fingerprint density at radius 1 is 1.38 bits per heavy atom. The molecule has 8 heavy (non-hydrogen) atoms. The Bertz CT molecular complexity index is 66.9. The second kappa shape index (κ2) is 2.83. The average Bonchev–Trinajstić information content (AvgIpc) is 2.12. The third kappa shape index (κ3) is 1.46. The molecule has 1 fully saturated rings. The fourth-order valence-corrected chi connectivity index (χ4v) is 1.51. The quantitative estimate of drug-likeness (QED) is 0.437. The van der Waals surface area contributed by atoms with Crippen LogP contribution >= 0.6 is 15.9 Å².